The number of methoxy groups -OCH3 is 1. The van der Waals surface area contributed by atoms with Gasteiger partial charge in [0.1, 0.15) is 5.75 Å². The van der Waals surface area contributed by atoms with E-state index in [-0.39, 0.29) is 11.7 Å². The van der Waals surface area contributed by atoms with Gasteiger partial charge in [-0.3, -0.25) is 4.79 Å². The number of carbonyl (C=O) groups excluding carboxylic acids is 1. The number of aryl methyl sites for hydroxylation is 1. The van der Waals surface area contributed by atoms with Crippen LogP contribution in [-0.2, 0) is 4.79 Å². The van der Waals surface area contributed by atoms with Crippen molar-refractivity contribution in [3.05, 3.63) is 58.9 Å². The summed E-state index contributed by atoms with van der Waals surface area (Å²) in [5.74, 6) is -0.0663. The summed E-state index contributed by atoms with van der Waals surface area (Å²) in [6, 6.07) is 10.2. The maximum absolute atomic E-state index is 13.8. The van der Waals surface area contributed by atoms with Gasteiger partial charge in [-0.1, -0.05) is 12.1 Å². The van der Waals surface area contributed by atoms with Gasteiger partial charge in [0.05, 0.1) is 12.8 Å². The molecule has 0 saturated carbocycles. The van der Waals surface area contributed by atoms with Crippen LogP contribution in [0.4, 0.5) is 4.39 Å². The molecule has 138 valence electrons. The molecule has 2 aromatic rings. The Hall–Kier alpha value is -2.89. The highest BCUT2D eigenvalue weighted by Crippen LogP contribution is 2.22. The van der Waals surface area contributed by atoms with Crippen LogP contribution in [0.5, 0.6) is 11.5 Å². The van der Waals surface area contributed by atoms with Gasteiger partial charge in [0.2, 0.25) is 0 Å². The highest BCUT2D eigenvalue weighted by atomic mass is 19.1. The molecule has 0 saturated heterocycles. The standard InChI is InChI=1S/C20H23FN2O3/c1-12-7-6-8-18(13(12)2)26-15(4)20(24)23-22-14(3)16-9-10-19(25-5)17(21)11-16/h6-11,15H,1-5H3,(H,23,24)/b22-14-/t15-/m0/s1. The largest absolute Gasteiger partial charge is 0.494 e. The van der Waals surface area contributed by atoms with Crippen LogP contribution in [0.2, 0.25) is 0 Å². The van der Waals surface area contributed by atoms with E-state index in [2.05, 4.69) is 10.5 Å². The Balaban J connectivity index is 2.03. The van der Waals surface area contributed by atoms with E-state index in [0.717, 1.165) is 11.1 Å². The molecule has 26 heavy (non-hydrogen) atoms. The van der Waals surface area contributed by atoms with Gasteiger partial charge in [-0.25, -0.2) is 9.82 Å². The first kappa shape index (κ1) is 19.4. The van der Waals surface area contributed by atoms with Crippen molar-refractivity contribution in [2.75, 3.05) is 7.11 Å². The quantitative estimate of drug-likeness (QED) is 0.632. The normalized spacial score (nSPS) is 12.5. The van der Waals surface area contributed by atoms with E-state index in [1.165, 1.54) is 19.2 Å². The van der Waals surface area contributed by atoms with Gasteiger partial charge < -0.3 is 9.47 Å². The molecule has 1 N–H and O–H groups in total. The Morgan fingerprint density at radius 2 is 1.92 bits per heavy atom. The zero-order valence-corrected chi connectivity index (χ0v) is 15.6. The Bertz CT molecular complexity index is 834. The summed E-state index contributed by atoms with van der Waals surface area (Å²) in [6.07, 6.45) is -0.723. The van der Waals surface area contributed by atoms with Crippen molar-refractivity contribution in [3.8, 4) is 11.5 Å². The molecule has 0 radical (unpaired) electrons. The zero-order chi connectivity index (χ0) is 19.3. The number of ether oxygens (including phenoxy) is 2. The molecule has 0 aromatic heterocycles. The molecule has 0 heterocycles. The molecule has 0 aliphatic rings. The van der Waals surface area contributed by atoms with Gasteiger partial charge in [0.15, 0.2) is 17.7 Å². The van der Waals surface area contributed by atoms with Gasteiger partial charge in [0, 0.05) is 5.56 Å². The lowest BCUT2D eigenvalue weighted by molar-refractivity contribution is -0.127. The third-order valence-corrected chi connectivity index (χ3v) is 4.13. The van der Waals surface area contributed by atoms with Crippen LogP contribution in [0, 0.1) is 19.7 Å². The number of nitrogens with zero attached hydrogens (tertiary/aromatic N) is 1. The Labute approximate surface area is 152 Å². The molecule has 5 nitrogen and oxygen atoms in total. The number of hydrogen-bond acceptors (Lipinski definition) is 4. The molecule has 0 unspecified atom stereocenters. The van der Waals surface area contributed by atoms with Gasteiger partial charge in [-0.15, -0.1) is 0 Å². The van der Waals surface area contributed by atoms with E-state index in [1.807, 2.05) is 32.0 Å². The highest BCUT2D eigenvalue weighted by Gasteiger charge is 2.16. The monoisotopic (exact) mass is 358 g/mol. The van der Waals surface area contributed by atoms with Crippen LogP contribution in [-0.4, -0.2) is 24.8 Å². The zero-order valence-electron chi connectivity index (χ0n) is 15.6. The Morgan fingerprint density at radius 1 is 1.19 bits per heavy atom. The van der Waals surface area contributed by atoms with Crippen LogP contribution in [0.15, 0.2) is 41.5 Å². The van der Waals surface area contributed by atoms with Gasteiger partial charge in [-0.05, 0) is 63.1 Å². The molecule has 0 bridgehead atoms. The van der Waals surface area contributed by atoms with Gasteiger partial charge in [0.25, 0.3) is 5.91 Å². The Kier molecular flexibility index (Phi) is 6.33. The van der Waals surface area contributed by atoms with E-state index >= 15 is 0 Å². The molecular weight excluding hydrogens is 335 g/mol. The SMILES string of the molecule is COc1ccc(/C(C)=N\NC(=O)[C@H](C)Oc2cccc(C)c2C)cc1F. The van der Waals surface area contributed by atoms with E-state index in [1.54, 1.807) is 19.9 Å². The third-order valence-electron chi connectivity index (χ3n) is 4.13. The van der Waals surface area contributed by atoms with E-state index < -0.39 is 11.9 Å². The molecule has 1 amide bonds. The van der Waals surface area contributed by atoms with Crippen molar-refractivity contribution in [3.63, 3.8) is 0 Å². The van der Waals surface area contributed by atoms with Crippen LogP contribution in [0.3, 0.4) is 0 Å². The minimum atomic E-state index is -0.723. The first-order valence-electron chi connectivity index (χ1n) is 8.24. The average Bonchev–Trinajstić information content (AvgIpc) is 2.63. The molecule has 2 aromatic carbocycles. The summed E-state index contributed by atoms with van der Waals surface area (Å²) >= 11 is 0. The van der Waals surface area contributed by atoms with Crippen molar-refractivity contribution in [1.82, 2.24) is 5.43 Å². The number of benzene rings is 2. The molecule has 1 atom stereocenters. The summed E-state index contributed by atoms with van der Waals surface area (Å²) in [7, 11) is 1.40. The Morgan fingerprint density at radius 3 is 2.58 bits per heavy atom. The van der Waals surface area contributed by atoms with Crippen LogP contribution in [0.1, 0.15) is 30.5 Å². The lowest BCUT2D eigenvalue weighted by Gasteiger charge is -2.16. The predicted molar refractivity (Wildman–Crippen MR) is 99.3 cm³/mol. The summed E-state index contributed by atoms with van der Waals surface area (Å²) in [5.41, 5.74) is 5.55. The average molecular weight is 358 g/mol. The molecule has 0 aliphatic heterocycles. The van der Waals surface area contributed by atoms with Crippen LogP contribution < -0.4 is 14.9 Å². The predicted octanol–water partition coefficient (Wildman–Crippen LogP) is 3.76. The van der Waals surface area contributed by atoms with Crippen molar-refractivity contribution in [2.24, 2.45) is 5.10 Å². The van der Waals surface area contributed by atoms with Gasteiger partial charge in [-0.2, -0.15) is 5.10 Å². The lowest BCUT2D eigenvalue weighted by atomic mass is 10.1. The number of hydrazone groups is 1. The number of nitrogens with one attached hydrogen (secondary N) is 1. The fourth-order valence-electron chi connectivity index (χ4n) is 2.28. The summed E-state index contributed by atoms with van der Waals surface area (Å²) < 4.78 is 24.4. The minimum absolute atomic E-state index is 0.154. The molecule has 2 rings (SSSR count). The van der Waals surface area contributed by atoms with E-state index in [0.29, 0.717) is 17.0 Å². The van der Waals surface area contributed by atoms with E-state index in [4.69, 9.17) is 9.47 Å². The van der Waals surface area contributed by atoms with Crippen LogP contribution in [0.25, 0.3) is 0 Å². The highest BCUT2D eigenvalue weighted by molar-refractivity contribution is 5.99. The summed E-state index contributed by atoms with van der Waals surface area (Å²) in [6.45, 7) is 7.25. The van der Waals surface area contributed by atoms with Crippen molar-refractivity contribution < 1.29 is 18.7 Å². The number of amides is 1. The fourth-order valence-corrected chi connectivity index (χ4v) is 2.28. The number of rotatable bonds is 6. The molecule has 6 heteroatoms. The van der Waals surface area contributed by atoms with Crippen molar-refractivity contribution >= 4 is 11.6 Å². The maximum atomic E-state index is 13.8. The van der Waals surface area contributed by atoms with E-state index in [9.17, 15) is 9.18 Å². The molecule has 0 fully saturated rings. The topological polar surface area (TPSA) is 59.9 Å². The second kappa shape index (κ2) is 8.47. The minimum Gasteiger partial charge on any atom is -0.494 e. The maximum Gasteiger partial charge on any atom is 0.280 e. The second-order valence-electron chi connectivity index (χ2n) is 5.98. The van der Waals surface area contributed by atoms with Crippen molar-refractivity contribution in [2.45, 2.75) is 33.8 Å². The number of halogens is 1. The van der Waals surface area contributed by atoms with Crippen molar-refractivity contribution in [1.29, 1.82) is 0 Å². The summed E-state index contributed by atoms with van der Waals surface area (Å²) in [5, 5.41) is 4.02. The first-order chi connectivity index (χ1) is 12.3. The number of carbonyl (C=O) groups is 1. The third kappa shape index (κ3) is 4.59. The second-order valence-corrected chi connectivity index (χ2v) is 5.98. The molecular formula is C20H23FN2O3. The molecule has 0 aliphatic carbocycles. The molecule has 0 spiro atoms. The smallest absolute Gasteiger partial charge is 0.280 e. The first-order valence-corrected chi connectivity index (χ1v) is 8.24. The summed E-state index contributed by atoms with van der Waals surface area (Å²) in [4.78, 5) is 12.2. The fraction of sp³-hybridized carbons (Fsp3) is 0.300. The number of hydrogen-bond donors (Lipinski definition) is 1. The van der Waals surface area contributed by atoms with Gasteiger partial charge >= 0.3 is 0 Å². The lowest BCUT2D eigenvalue weighted by Crippen LogP contribution is -2.34. The van der Waals surface area contributed by atoms with Crippen LogP contribution >= 0.6 is 0 Å².